The van der Waals surface area contributed by atoms with Crippen LogP contribution in [0.4, 0.5) is 0 Å². The summed E-state index contributed by atoms with van der Waals surface area (Å²) in [6.07, 6.45) is 2.10. The predicted molar refractivity (Wildman–Crippen MR) is 95.9 cm³/mol. The van der Waals surface area contributed by atoms with E-state index in [1.165, 1.54) is 14.9 Å². The van der Waals surface area contributed by atoms with E-state index in [1.54, 1.807) is 11.3 Å². The van der Waals surface area contributed by atoms with Crippen molar-refractivity contribution in [3.8, 4) is 0 Å². The number of benzene rings is 1. The van der Waals surface area contributed by atoms with Gasteiger partial charge < -0.3 is 5.32 Å². The molecule has 1 aromatic carbocycles. The van der Waals surface area contributed by atoms with Gasteiger partial charge in [0, 0.05) is 26.3 Å². The first kappa shape index (κ1) is 16.5. The van der Waals surface area contributed by atoms with E-state index in [9.17, 15) is 0 Å². The lowest BCUT2D eigenvalue weighted by atomic mass is 10.0. The second-order valence-corrected chi connectivity index (χ2v) is 7.69. The Morgan fingerprint density at radius 1 is 1.25 bits per heavy atom. The zero-order valence-corrected chi connectivity index (χ0v) is 15.9. The van der Waals surface area contributed by atoms with Crippen molar-refractivity contribution in [3.05, 3.63) is 54.1 Å². The van der Waals surface area contributed by atoms with Gasteiger partial charge in [-0.2, -0.15) is 0 Å². The molecule has 1 N–H and O–H groups in total. The molecule has 0 saturated carbocycles. The molecule has 5 heteroatoms. The summed E-state index contributed by atoms with van der Waals surface area (Å²) in [5.41, 5.74) is 1.26. The highest BCUT2D eigenvalue weighted by atomic mass is 79.9. The monoisotopic (exact) mass is 435 g/mol. The van der Waals surface area contributed by atoms with Crippen molar-refractivity contribution in [2.45, 2.75) is 25.8 Å². The van der Waals surface area contributed by atoms with E-state index in [-0.39, 0.29) is 0 Å². The third kappa shape index (κ3) is 4.31. The van der Waals surface area contributed by atoms with Gasteiger partial charge in [0.2, 0.25) is 0 Å². The summed E-state index contributed by atoms with van der Waals surface area (Å²) >= 11 is 15.0. The topological polar surface area (TPSA) is 12.0 Å². The smallest absolute Gasteiger partial charge is 0.0548 e. The van der Waals surface area contributed by atoms with Crippen LogP contribution in [-0.2, 0) is 6.42 Å². The third-order valence-electron chi connectivity index (χ3n) is 3.07. The van der Waals surface area contributed by atoms with Crippen molar-refractivity contribution in [1.82, 2.24) is 5.32 Å². The maximum Gasteiger partial charge on any atom is 0.0548 e. The van der Waals surface area contributed by atoms with Gasteiger partial charge in [0.15, 0.2) is 0 Å². The second kappa shape index (κ2) is 7.95. The van der Waals surface area contributed by atoms with Crippen molar-refractivity contribution in [1.29, 1.82) is 0 Å². The van der Waals surface area contributed by atoms with Gasteiger partial charge >= 0.3 is 0 Å². The number of rotatable bonds is 6. The number of hydrogen-bond acceptors (Lipinski definition) is 2. The van der Waals surface area contributed by atoms with Crippen LogP contribution in [0.3, 0.4) is 0 Å². The molecule has 1 nitrogen and oxygen atoms in total. The van der Waals surface area contributed by atoms with Gasteiger partial charge in [-0.05, 0) is 74.0 Å². The van der Waals surface area contributed by atoms with Crippen molar-refractivity contribution in [2.75, 3.05) is 6.54 Å². The van der Waals surface area contributed by atoms with Crippen molar-refractivity contribution >= 4 is 54.8 Å². The average molecular weight is 438 g/mol. The van der Waals surface area contributed by atoms with Crippen molar-refractivity contribution in [3.63, 3.8) is 0 Å². The number of nitrogens with one attached hydrogen (secondary N) is 1. The van der Waals surface area contributed by atoms with Crippen LogP contribution in [0.5, 0.6) is 0 Å². The molecule has 0 saturated heterocycles. The molecular weight excluding hydrogens is 422 g/mol. The highest BCUT2D eigenvalue weighted by Gasteiger charge is 2.15. The first-order valence-electron chi connectivity index (χ1n) is 6.52. The molecule has 108 valence electrons. The number of thiophene rings is 1. The number of halogens is 3. The van der Waals surface area contributed by atoms with E-state index in [0.717, 1.165) is 28.9 Å². The molecule has 0 aliphatic heterocycles. The first-order valence-corrected chi connectivity index (χ1v) is 9.36. The molecule has 0 aliphatic rings. The highest BCUT2D eigenvalue weighted by molar-refractivity contribution is 9.10. The van der Waals surface area contributed by atoms with Gasteiger partial charge in [0.05, 0.1) is 5.02 Å². The SMILES string of the molecule is CCCNC(Cc1sccc1Br)c1ccc(Cl)c(Br)c1. The molecule has 0 spiro atoms. The molecule has 0 bridgehead atoms. The molecular formula is C15H16Br2ClNS. The largest absolute Gasteiger partial charge is 0.310 e. The maximum atomic E-state index is 6.08. The van der Waals surface area contributed by atoms with Crippen molar-refractivity contribution < 1.29 is 0 Å². The molecule has 2 rings (SSSR count). The molecule has 0 fully saturated rings. The molecule has 2 aromatic rings. The molecule has 1 aromatic heterocycles. The van der Waals surface area contributed by atoms with Gasteiger partial charge in [0.1, 0.15) is 0 Å². The lowest BCUT2D eigenvalue weighted by Gasteiger charge is -2.19. The van der Waals surface area contributed by atoms with Gasteiger partial charge in [-0.1, -0.05) is 24.6 Å². The molecule has 1 atom stereocenters. The Balaban J connectivity index is 2.22. The average Bonchev–Trinajstić information content (AvgIpc) is 2.83. The van der Waals surface area contributed by atoms with Gasteiger partial charge in [-0.15, -0.1) is 11.3 Å². The second-order valence-electron chi connectivity index (χ2n) is 4.58. The lowest BCUT2D eigenvalue weighted by Crippen LogP contribution is -2.24. The zero-order valence-electron chi connectivity index (χ0n) is 11.1. The van der Waals surface area contributed by atoms with Crippen LogP contribution in [0.2, 0.25) is 5.02 Å². The van der Waals surface area contributed by atoms with Crippen LogP contribution in [0, 0.1) is 0 Å². The van der Waals surface area contributed by atoms with E-state index in [2.05, 4.69) is 67.7 Å². The van der Waals surface area contributed by atoms with Gasteiger partial charge in [-0.3, -0.25) is 0 Å². The maximum absolute atomic E-state index is 6.08. The first-order chi connectivity index (χ1) is 9.61. The molecule has 0 radical (unpaired) electrons. The minimum Gasteiger partial charge on any atom is -0.310 e. The highest BCUT2D eigenvalue weighted by Crippen LogP contribution is 2.31. The molecule has 1 unspecified atom stereocenters. The van der Waals surface area contributed by atoms with Crippen LogP contribution < -0.4 is 5.32 Å². The van der Waals surface area contributed by atoms with E-state index in [4.69, 9.17) is 11.6 Å². The summed E-state index contributed by atoms with van der Waals surface area (Å²) in [4.78, 5) is 1.37. The van der Waals surface area contributed by atoms with Gasteiger partial charge in [-0.25, -0.2) is 0 Å². The summed E-state index contributed by atoms with van der Waals surface area (Å²) < 4.78 is 2.14. The van der Waals surface area contributed by atoms with Crippen molar-refractivity contribution in [2.24, 2.45) is 0 Å². The Labute approximate surface area is 146 Å². The Hall–Kier alpha value is 0.130. The summed E-state index contributed by atoms with van der Waals surface area (Å²) in [5, 5.41) is 6.49. The van der Waals surface area contributed by atoms with E-state index < -0.39 is 0 Å². The third-order valence-corrected chi connectivity index (χ3v) is 6.23. The normalized spacial score (nSPS) is 12.6. The fraction of sp³-hybridized carbons (Fsp3) is 0.333. The number of hydrogen-bond donors (Lipinski definition) is 1. The predicted octanol–water partition coefficient (Wildman–Crippen LogP) is 6.21. The zero-order chi connectivity index (χ0) is 14.5. The molecule has 1 heterocycles. The fourth-order valence-electron chi connectivity index (χ4n) is 2.01. The lowest BCUT2D eigenvalue weighted by molar-refractivity contribution is 0.531. The Kier molecular flexibility index (Phi) is 6.56. The minimum atomic E-state index is 0.304. The molecule has 0 amide bonds. The summed E-state index contributed by atoms with van der Waals surface area (Å²) in [6, 6.07) is 8.57. The van der Waals surface area contributed by atoms with E-state index in [0.29, 0.717) is 6.04 Å². The van der Waals surface area contributed by atoms with Gasteiger partial charge in [0.25, 0.3) is 0 Å². The Bertz CT molecular complexity index is 571. The van der Waals surface area contributed by atoms with Crippen LogP contribution in [0.1, 0.15) is 29.8 Å². The Morgan fingerprint density at radius 2 is 2.05 bits per heavy atom. The van der Waals surface area contributed by atoms with E-state index in [1.807, 2.05) is 6.07 Å². The summed E-state index contributed by atoms with van der Waals surface area (Å²) in [7, 11) is 0. The molecule has 20 heavy (non-hydrogen) atoms. The molecule has 0 aliphatic carbocycles. The quantitative estimate of drug-likeness (QED) is 0.566. The summed E-state index contributed by atoms with van der Waals surface area (Å²) in [5.74, 6) is 0. The van der Waals surface area contributed by atoms with Crippen LogP contribution in [-0.4, -0.2) is 6.54 Å². The Morgan fingerprint density at radius 3 is 2.65 bits per heavy atom. The standard InChI is InChI=1S/C15H16Br2ClNS/c1-2-6-19-14(9-15-11(16)5-7-20-15)10-3-4-13(18)12(17)8-10/h3-5,7-8,14,19H,2,6,9H2,1H3. The summed E-state index contributed by atoms with van der Waals surface area (Å²) in [6.45, 7) is 3.19. The minimum absolute atomic E-state index is 0.304. The fourth-order valence-corrected chi connectivity index (χ4v) is 4.09. The van der Waals surface area contributed by atoms with Crippen LogP contribution >= 0.6 is 54.8 Å². The van der Waals surface area contributed by atoms with Crippen LogP contribution in [0.25, 0.3) is 0 Å². The van der Waals surface area contributed by atoms with E-state index >= 15 is 0 Å². The van der Waals surface area contributed by atoms with Crippen LogP contribution in [0.15, 0.2) is 38.6 Å².